The summed E-state index contributed by atoms with van der Waals surface area (Å²) in [4.78, 5) is 11.7. The number of nitrogens with one attached hydrogen (secondary N) is 1. The van der Waals surface area contributed by atoms with E-state index in [1.54, 1.807) is 6.08 Å². The van der Waals surface area contributed by atoms with Gasteiger partial charge in [-0.15, -0.1) is 0 Å². The third-order valence-electron chi connectivity index (χ3n) is 3.73. The Morgan fingerprint density at radius 1 is 1.21 bits per heavy atom. The maximum atomic E-state index is 11.7. The summed E-state index contributed by atoms with van der Waals surface area (Å²) in [6, 6.07) is 8.77. The lowest BCUT2D eigenvalue weighted by Gasteiger charge is -2.09. The van der Waals surface area contributed by atoms with E-state index in [1.165, 1.54) is 18.4 Å². The number of carbonyl (C=O) groups excluding carboxylic acids is 1. The third kappa shape index (κ3) is 4.23. The van der Waals surface area contributed by atoms with Gasteiger partial charge in [0.15, 0.2) is 0 Å². The van der Waals surface area contributed by atoms with Crippen LogP contribution >= 0.6 is 0 Å². The van der Waals surface area contributed by atoms with Crippen molar-refractivity contribution < 1.29 is 4.79 Å². The van der Waals surface area contributed by atoms with E-state index in [-0.39, 0.29) is 5.91 Å². The van der Waals surface area contributed by atoms with Crippen LogP contribution < -0.4 is 5.32 Å². The lowest BCUT2D eigenvalue weighted by atomic mass is 10.0. The molecule has 0 bridgehead atoms. The second-order valence-corrected chi connectivity index (χ2v) is 5.64. The van der Waals surface area contributed by atoms with Gasteiger partial charge in [0.1, 0.15) is 0 Å². The second-order valence-electron chi connectivity index (χ2n) is 5.64. The minimum atomic E-state index is 0.0276. The van der Waals surface area contributed by atoms with Gasteiger partial charge in [0.25, 0.3) is 0 Å². The van der Waals surface area contributed by atoms with Crippen molar-refractivity contribution in [3.63, 3.8) is 0 Å². The van der Waals surface area contributed by atoms with E-state index < -0.39 is 0 Å². The quantitative estimate of drug-likeness (QED) is 0.815. The molecule has 1 aromatic rings. The first-order chi connectivity index (χ1) is 9.15. The SMILES string of the molecule is CC(C)c1ccc(/C=C/C(=O)NC2CCCC2)cc1. The smallest absolute Gasteiger partial charge is 0.244 e. The monoisotopic (exact) mass is 257 g/mol. The van der Waals surface area contributed by atoms with Gasteiger partial charge in [0.2, 0.25) is 5.91 Å². The Bertz CT molecular complexity index is 439. The number of hydrogen-bond donors (Lipinski definition) is 1. The van der Waals surface area contributed by atoms with Gasteiger partial charge >= 0.3 is 0 Å². The van der Waals surface area contributed by atoms with E-state index in [4.69, 9.17) is 0 Å². The maximum absolute atomic E-state index is 11.7. The number of hydrogen-bond acceptors (Lipinski definition) is 1. The van der Waals surface area contributed by atoms with Gasteiger partial charge in [-0.2, -0.15) is 0 Å². The highest BCUT2D eigenvalue weighted by molar-refractivity contribution is 5.91. The normalized spacial score (nSPS) is 16.4. The molecule has 1 fully saturated rings. The molecule has 0 unspecified atom stereocenters. The molecular weight excluding hydrogens is 234 g/mol. The van der Waals surface area contributed by atoms with Crippen LogP contribution in [0.25, 0.3) is 6.08 Å². The van der Waals surface area contributed by atoms with Crippen molar-refractivity contribution in [1.29, 1.82) is 0 Å². The fraction of sp³-hybridized carbons (Fsp3) is 0.471. The summed E-state index contributed by atoms with van der Waals surface area (Å²) in [5.74, 6) is 0.573. The van der Waals surface area contributed by atoms with Gasteiger partial charge < -0.3 is 5.32 Å². The predicted molar refractivity (Wildman–Crippen MR) is 80.0 cm³/mol. The molecule has 19 heavy (non-hydrogen) atoms. The average molecular weight is 257 g/mol. The van der Waals surface area contributed by atoms with Crippen molar-refractivity contribution in [2.75, 3.05) is 0 Å². The van der Waals surface area contributed by atoms with E-state index >= 15 is 0 Å². The van der Waals surface area contributed by atoms with E-state index in [2.05, 4.69) is 43.4 Å². The van der Waals surface area contributed by atoms with E-state index in [0.717, 1.165) is 18.4 Å². The van der Waals surface area contributed by atoms with Gasteiger partial charge in [-0.1, -0.05) is 51.0 Å². The summed E-state index contributed by atoms with van der Waals surface area (Å²) in [5.41, 5.74) is 2.40. The molecule has 1 amide bonds. The summed E-state index contributed by atoms with van der Waals surface area (Å²) in [6.07, 6.45) is 8.26. The molecule has 2 nitrogen and oxygen atoms in total. The molecule has 0 radical (unpaired) electrons. The van der Waals surface area contributed by atoms with Gasteiger partial charge in [0, 0.05) is 12.1 Å². The van der Waals surface area contributed by atoms with Gasteiger partial charge in [-0.05, 0) is 36.0 Å². The van der Waals surface area contributed by atoms with Crippen molar-refractivity contribution in [2.45, 2.75) is 51.5 Å². The Kier molecular flexibility index (Phi) is 4.78. The number of amides is 1. The van der Waals surface area contributed by atoms with Crippen LogP contribution in [0, 0.1) is 0 Å². The Labute approximate surface area is 115 Å². The highest BCUT2D eigenvalue weighted by Crippen LogP contribution is 2.18. The van der Waals surface area contributed by atoms with Crippen LogP contribution in [0.1, 0.15) is 56.6 Å². The largest absolute Gasteiger partial charge is 0.350 e. The minimum Gasteiger partial charge on any atom is -0.350 e. The molecule has 0 heterocycles. The standard InChI is InChI=1S/C17H23NO/c1-13(2)15-10-7-14(8-11-15)9-12-17(19)18-16-5-3-4-6-16/h7-13,16H,3-6H2,1-2H3,(H,18,19)/b12-9+. The fourth-order valence-corrected chi connectivity index (χ4v) is 2.48. The molecular formula is C17H23NO. The molecule has 1 aromatic carbocycles. The van der Waals surface area contributed by atoms with Gasteiger partial charge in [0.05, 0.1) is 0 Å². The number of rotatable bonds is 4. The Hall–Kier alpha value is -1.57. The number of carbonyl (C=O) groups is 1. The lowest BCUT2D eigenvalue weighted by Crippen LogP contribution is -2.30. The van der Waals surface area contributed by atoms with Crippen LogP contribution in [0.3, 0.4) is 0 Å². The number of benzene rings is 1. The molecule has 1 saturated carbocycles. The molecule has 0 aliphatic heterocycles. The fourth-order valence-electron chi connectivity index (χ4n) is 2.48. The molecule has 1 aliphatic carbocycles. The van der Waals surface area contributed by atoms with Crippen LogP contribution in [0.15, 0.2) is 30.3 Å². The zero-order valence-corrected chi connectivity index (χ0v) is 11.9. The van der Waals surface area contributed by atoms with Crippen LogP contribution in [-0.2, 0) is 4.79 Å². The molecule has 0 saturated heterocycles. The van der Waals surface area contributed by atoms with Crippen molar-refractivity contribution in [3.8, 4) is 0 Å². The van der Waals surface area contributed by atoms with Crippen molar-refractivity contribution >= 4 is 12.0 Å². The zero-order chi connectivity index (χ0) is 13.7. The zero-order valence-electron chi connectivity index (χ0n) is 11.9. The molecule has 102 valence electrons. The first-order valence-electron chi connectivity index (χ1n) is 7.23. The summed E-state index contributed by atoms with van der Waals surface area (Å²) >= 11 is 0. The molecule has 0 atom stereocenters. The van der Waals surface area contributed by atoms with E-state index in [0.29, 0.717) is 12.0 Å². The van der Waals surface area contributed by atoms with Crippen molar-refractivity contribution in [3.05, 3.63) is 41.5 Å². The Balaban J connectivity index is 1.88. The summed E-state index contributed by atoms with van der Waals surface area (Å²) in [7, 11) is 0. The molecule has 0 aromatic heterocycles. The van der Waals surface area contributed by atoms with E-state index in [9.17, 15) is 4.79 Å². The van der Waals surface area contributed by atoms with Crippen molar-refractivity contribution in [1.82, 2.24) is 5.32 Å². The molecule has 0 spiro atoms. The lowest BCUT2D eigenvalue weighted by molar-refractivity contribution is -0.117. The Morgan fingerprint density at radius 3 is 2.42 bits per heavy atom. The summed E-state index contributed by atoms with van der Waals surface area (Å²) in [6.45, 7) is 4.36. The topological polar surface area (TPSA) is 29.1 Å². The second kappa shape index (κ2) is 6.55. The third-order valence-corrected chi connectivity index (χ3v) is 3.73. The Morgan fingerprint density at radius 2 is 1.84 bits per heavy atom. The molecule has 2 heteroatoms. The maximum Gasteiger partial charge on any atom is 0.244 e. The van der Waals surface area contributed by atoms with Crippen molar-refractivity contribution in [2.24, 2.45) is 0 Å². The van der Waals surface area contributed by atoms with Gasteiger partial charge in [-0.3, -0.25) is 4.79 Å². The molecule has 1 aliphatic rings. The van der Waals surface area contributed by atoms with Crippen LogP contribution in [0.2, 0.25) is 0 Å². The summed E-state index contributed by atoms with van der Waals surface area (Å²) in [5, 5.41) is 3.05. The first kappa shape index (κ1) is 13.9. The minimum absolute atomic E-state index is 0.0276. The summed E-state index contributed by atoms with van der Waals surface area (Å²) < 4.78 is 0. The molecule has 1 N–H and O–H groups in total. The predicted octanol–water partition coefficient (Wildman–Crippen LogP) is 3.88. The average Bonchev–Trinajstić information content (AvgIpc) is 2.89. The van der Waals surface area contributed by atoms with Gasteiger partial charge in [-0.25, -0.2) is 0 Å². The highest BCUT2D eigenvalue weighted by atomic mass is 16.1. The van der Waals surface area contributed by atoms with Crippen LogP contribution in [0.4, 0.5) is 0 Å². The highest BCUT2D eigenvalue weighted by Gasteiger charge is 2.15. The molecule has 2 rings (SSSR count). The van der Waals surface area contributed by atoms with Crippen LogP contribution in [-0.4, -0.2) is 11.9 Å². The van der Waals surface area contributed by atoms with E-state index in [1.807, 2.05) is 6.08 Å². The first-order valence-corrected chi connectivity index (χ1v) is 7.23. The van der Waals surface area contributed by atoms with Crippen LogP contribution in [0.5, 0.6) is 0 Å².